The van der Waals surface area contributed by atoms with Crippen molar-refractivity contribution in [1.82, 2.24) is 15.3 Å². The average molecular weight is 428 g/mol. The molecule has 6 nitrogen and oxygen atoms in total. The second kappa shape index (κ2) is 8.49. The smallest absolute Gasteiger partial charge is 0.254 e. The Hall–Kier alpha value is -1.61. The summed E-state index contributed by atoms with van der Waals surface area (Å²) in [5.41, 5.74) is -0.753. The van der Waals surface area contributed by atoms with E-state index >= 15 is 4.39 Å². The van der Waals surface area contributed by atoms with Gasteiger partial charge in [0.2, 0.25) is 5.82 Å². The van der Waals surface area contributed by atoms with Crippen molar-refractivity contribution >= 4 is 11.6 Å². The number of rotatable bonds is 7. The van der Waals surface area contributed by atoms with Crippen molar-refractivity contribution in [2.45, 2.75) is 57.5 Å². The summed E-state index contributed by atoms with van der Waals surface area (Å²) in [5.74, 6) is -2.28. The molecular formula is C21H32F3N5O. The zero-order chi connectivity index (χ0) is 21.4. The van der Waals surface area contributed by atoms with Crippen LogP contribution >= 0.6 is 0 Å². The van der Waals surface area contributed by atoms with Gasteiger partial charge in [0.25, 0.3) is 5.92 Å². The Labute approximate surface area is 175 Å². The van der Waals surface area contributed by atoms with Crippen LogP contribution in [0.25, 0.3) is 0 Å². The highest BCUT2D eigenvalue weighted by atomic mass is 19.3. The molecule has 1 spiro atoms. The highest BCUT2D eigenvalue weighted by molar-refractivity contribution is 5.50. The van der Waals surface area contributed by atoms with Gasteiger partial charge in [0.15, 0.2) is 11.6 Å². The first-order valence-electron chi connectivity index (χ1n) is 11.1. The molecule has 1 saturated heterocycles. The third-order valence-corrected chi connectivity index (χ3v) is 7.33. The molecule has 0 bridgehead atoms. The van der Waals surface area contributed by atoms with Crippen LogP contribution in [-0.4, -0.2) is 59.8 Å². The van der Waals surface area contributed by atoms with E-state index in [9.17, 15) is 13.9 Å². The van der Waals surface area contributed by atoms with Crippen molar-refractivity contribution in [3.8, 4) is 0 Å². The third-order valence-electron chi connectivity index (χ3n) is 7.33. The van der Waals surface area contributed by atoms with Crippen LogP contribution in [0, 0.1) is 23.1 Å². The largest absolute Gasteiger partial charge is 0.391 e. The van der Waals surface area contributed by atoms with E-state index in [2.05, 4.69) is 20.6 Å². The molecule has 1 aliphatic heterocycles. The number of anilines is 2. The molecule has 2 heterocycles. The van der Waals surface area contributed by atoms with E-state index in [0.717, 1.165) is 25.8 Å². The Morgan fingerprint density at radius 3 is 2.63 bits per heavy atom. The third kappa shape index (κ3) is 4.23. The summed E-state index contributed by atoms with van der Waals surface area (Å²) in [6, 6.07) is 0. The first-order chi connectivity index (χ1) is 14.4. The van der Waals surface area contributed by atoms with E-state index in [1.54, 1.807) is 0 Å². The van der Waals surface area contributed by atoms with Gasteiger partial charge in [-0.1, -0.05) is 0 Å². The van der Waals surface area contributed by atoms with Crippen LogP contribution in [0.1, 0.15) is 45.4 Å². The predicted molar refractivity (Wildman–Crippen MR) is 109 cm³/mol. The highest BCUT2D eigenvalue weighted by Gasteiger charge is 2.70. The number of aliphatic hydroxyl groups excluding tert-OH is 1. The number of nitrogens with zero attached hydrogens (tertiary/aromatic N) is 3. The van der Waals surface area contributed by atoms with Gasteiger partial charge in [-0.2, -0.15) is 4.39 Å². The number of aliphatic hydroxyl groups is 1. The fourth-order valence-corrected chi connectivity index (χ4v) is 5.08. The van der Waals surface area contributed by atoms with Gasteiger partial charge in [-0.05, 0) is 51.5 Å². The number of halogens is 3. The molecule has 3 fully saturated rings. The van der Waals surface area contributed by atoms with Crippen molar-refractivity contribution in [2.75, 3.05) is 42.9 Å². The van der Waals surface area contributed by atoms with E-state index in [1.165, 1.54) is 6.33 Å². The molecule has 0 amide bonds. The molecule has 4 rings (SSSR count). The number of alkyl halides is 2. The molecule has 168 valence electrons. The quantitative estimate of drug-likeness (QED) is 0.621. The Balaban J connectivity index is 1.36. The van der Waals surface area contributed by atoms with Crippen molar-refractivity contribution in [1.29, 1.82) is 0 Å². The second-order valence-electron chi connectivity index (χ2n) is 9.20. The molecular weight excluding hydrogens is 395 g/mol. The maximum atomic E-state index is 15.1. The van der Waals surface area contributed by atoms with Gasteiger partial charge in [0.05, 0.1) is 6.10 Å². The van der Waals surface area contributed by atoms with Crippen LogP contribution in [0.15, 0.2) is 6.33 Å². The summed E-state index contributed by atoms with van der Waals surface area (Å²) in [6.07, 6.45) is 4.34. The molecule has 2 aliphatic carbocycles. The summed E-state index contributed by atoms with van der Waals surface area (Å²) >= 11 is 0. The van der Waals surface area contributed by atoms with E-state index in [-0.39, 0.29) is 29.9 Å². The summed E-state index contributed by atoms with van der Waals surface area (Å²) in [5, 5.41) is 16.2. The van der Waals surface area contributed by atoms with Crippen molar-refractivity contribution in [2.24, 2.45) is 17.3 Å². The summed E-state index contributed by atoms with van der Waals surface area (Å²) in [6.45, 7) is 4.96. The molecule has 1 aromatic heterocycles. The van der Waals surface area contributed by atoms with E-state index < -0.39 is 23.3 Å². The lowest BCUT2D eigenvalue weighted by Gasteiger charge is -2.33. The van der Waals surface area contributed by atoms with Crippen LogP contribution in [0.3, 0.4) is 0 Å². The Kier molecular flexibility index (Phi) is 6.12. The topological polar surface area (TPSA) is 73.3 Å². The molecule has 0 aromatic carbocycles. The summed E-state index contributed by atoms with van der Waals surface area (Å²) in [4.78, 5) is 10.1. The van der Waals surface area contributed by atoms with Gasteiger partial charge in [-0.15, -0.1) is 0 Å². The van der Waals surface area contributed by atoms with Crippen LogP contribution in [-0.2, 0) is 0 Å². The van der Waals surface area contributed by atoms with Crippen LogP contribution in [0.4, 0.5) is 24.8 Å². The first kappa shape index (κ1) is 21.6. The Bertz CT molecular complexity index is 741. The molecule has 3 N–H and O–H groups in total. The fraction of sp³-hybridized carbons (Fsp3) is 0.810. The number of piperidine rings is 1. The molecule has 3 aliphatic rings. The number of aromatic nitrogens is 2. The number of nitrogens with one attached hydrogen (secondary N) is 2. The highest BCUT2D eigenvalue weighted by Crippen LogP contribution is 2.67. The van der Waals surface area contributed by atoms with Crippen LogP contribution in [0.5, 0.6) is 0 Å². The summed E-state index contributed by atoms with van der Waals surface area (Å²) < 4.78 is 42.4. The maximum absolute atomic E-state index is 15.1. The molecule has 2 unspecified atom stereocenters. The van der Waals surface area contributed by atoms with E-state index in [0.29, 0.717) is 39.0 Å². The minimum Gasteiger partial charge on any atom is -0.391 e. The minimum atomic E-state index is -2.48. The van der Waals surface area contributed by atoms with Gasteiger partial charge in [-0.25, -0.2) is 18.7 Å². The standard InChI is InChI=1S/C21H32F3N5O/c1-2-29(11-14-3-6-20(7-4-14)12-21(20,23)24)19-17(22)18(27-13-28-19)26-9-15-5-8-25-10-16(15)30/h13-16,25,30H,2-12H2,1H3,(H,26,27,28). The SMILES string of the molecule is CCN(CC1CCC2(CC1)CC2(F)F)c1ncnc(NCC2CCNCC2O)c1F. The molecule has 30 heavy (non-hydrogen) atoms. The van der Waals surface area contributed by atoms with Crippen molar-refractivity contribution < 1.29 is 18.3 Å². The van der Waals surface area contributed by atoms with Gasteiger partial charge >= 0.3 is 0 Å². The lowest BCUT2D eigenvalue weighted by molar-refractivity contribution is 0.0411. The van der Waals surface area contributed by atoms with Gasteiger partial charge in [-0.3, -0.25) is 0 Å². The molecule has 1 aromatic rings. The fourth-order valence-electron chi connectivity index (χ4n) is 5.08. The number of hydrogen-bond donors (Lipinski definition) is 3. The molecule has 2 atom stereocenters. The number of β-amino-alcohol motifs (C(OH)–C–C–N with tert-alkyl or cyclic N) is 1. The van der Waals surface area contributed by atoms with Gasteiger partial charge < -0.3 is 20.6 Å². The zero-order valence-corrected chi connectivity index (χ0v) is 17.5. The lowest BCUT2D eigenvalue weighted by atomic mass is 9.79. The van der Waals surface area contributed by atoms with Gasteiger partial charge in [0.1, 0.15) is 6.33 Å². The van der Waals surface area contributed by atoms with Crippen LogP contribution < -0.4 is 15.5 Å². The van der Waals surface area contributed by atoms with Crippen molar-refractivity contribution in [3.63, 3.8) is 0 Å². The number of hydrogen-bond acceptors (Lipinski definition) is 6. The molecule has 2 saturated carbocycles. The summed E-state index contributed by atoms with van der Waals surface area (Å²) in [7, 11) is 0. The van der Waals surface area contributed by atoms with E-state index in [1.807, 2.05) is 11.8 Å². The lowest BCUT2D eigenvalue weighted by Crippen LogP contribution is -2.43. The second-order valence-corrected chi connectivity index (χ2v) is 9.20. The Morgan fingerprint density at radius 1 is 1.27 bits per heavy atom. The van der Waals surface area contributed by atoms with Crippen LogP contribution in [0.2, 0.25) is 0 Å². The monoisotopic (exact) mass is 427 g/mol. The maximum Gasteiger partial charge on any atom is 0.254 e. The first-order valence-corrected chi connectivity index (χ1v) is 11.1. The predicted octanol–water partition coefficient (Wildman–Crippen LogP) is 3.04. The normalized spacial score (nSPS) is 32.8. The van der Waals surface area contributed by atoms with Gasteiger partial charge in [0, 0.05) is 43.9 Å². The molecule has 9 heteroatoms. The molecule has 0 radical (unpaired) electrons. The Morgan fingerprint density at radius 2 is 2.00 bits per heavy atom. The average Bonchev–Trinajstić information content (AvgIpc) is 3.27. The minimum absolute atomic E-state index is 0.0333. The van der Waals surface area contributed by atoms with E-state index in [4.69, 9.17) is 0 Å². The zero-order valence-electron chi connectivity index (χ0n) is 17.5. The van der Waals surface area contributed by atoms with Crippen molar-refractivity contribution in [3.05, 3.63) is 12.1 Å².